The number of aromatic nitrogens is 4. The number of hydrogen-bond donors (Lipinski definition) is 1. The second kappa shape index (κ2) is 10.6. The molecule has 206 valence electrons. The van der Waals surface area contributed by atoms with Crippen LogP contribution in [-0.4, -0.2) is 51.0 Å². The first-order valence-electron chi connectivity index (χ1n) is 12.4. The Hall–Kier alpha value is -5.07. The molecule has 4 aromatic rings. The molecule has 0 saturated carbocycles. The van der Waals surface area contributed by atoms with Gasteiger partial charge in [-0.2, -0.15) is 13.5 Å². The van der Waals surface area contributed by atoms with Crippen molar-refractivity contribution in [2.45, 2.75) is 20.0 Å². The zero-order valence-electron chi connectivity index (χ0n) is 21.6. The number of ether oxygens (including phenoxy) is 1. The topological polar surface area (TPSA) is 129 Å². The van der Waals surface area contributed by atoms with Crippen molar-refractivity contribution >= 4 is 23.4 Å². The lowest BCUT2D eigenvalue weighted by molar-refractivity contribution is -0.0582. The molecule has 3 heterocycles. The minimum atomic E-state index is -3.11. The molecule has 1 aliphatic rings. The highest BCUT2D eigenvalue weighted by molar-refractivity contribution is 6.07. The Morgan fingerprint density at radius 2 is 1.77 bits per heavy atom. The van der Waals surface area contributed by atoms with Crippen molar-refractivity contribution in [1.82, 2.24) is 19.3 Å². The maximum absolute atomic E-state index is 13.4. The number of hydrogen-bond acceptors (Lipinski definition) is 6. The number of amides is 3. The lowest BCUT2D eigenvalue weighted by Gasteiger charge is -2.22. The molecule has 3 amide bonds. The van der Waals surface area contributed by atoms with Crippen molar-refractivity contribution in [3.05, 3.63) is 82.4 Å². The van der Waals surface area contributed by atoms with Crippen LogP contribution in [-0.2, 0) is 13.5 Å². The third-order valence-corrected chi connectivity index (χ3v) is 6.65. The van der Waals surface area contributed by atoms with E-state index in [4.69, 9.17) is 5.73 Å². The van der Waals surface area contributed by atoms with Gasteiger partial charge in [0.1, 0.15) is 5.82 Å². The number of pyridine rings is 1. The molecule has 0 bridgehead atoms. The van der Waals surface area contributed by atoms with Gasteiger partial charge in [0.05, 0.1) is 5.69 Å². The molecule has 0 spiro atoms. The Bertz CT molecular complexity index is 1650. The minimum absolute atomic E-state index is 0.271. The SMILES string of the molecule is CCc1c(-c2ccc(-n3nc(OC(F)F)n(C)c3=O)cc2)ccnc1N1CCN(c2cccc(C(N)=O)c2)C1=O. The molecule has 0 atom stereocenters. The van der Waals surface area contributed by atoms with Crippen LogP contribution < -0.4 is 26.0 Å². The van der Waals surface area contributed by atoms with Crippen LogP contribution in [0.15, 0.2) is 65.6 Å². The minimum Gasteiger partial charge on any atom is -0.401 e. The molecular weight excluding hydrogens is 524 g/mol. The summed E-state index contributed by atoms with van der Waals surface area (Å²) in [6, 6.07) is 14.5. The summed E-state index contributed by atoms with van der Waals surface area (Å²) in [5.41, 5.74) is 8.50. The fourth-order valence-corrected chi connectivity index (χ4v) is 4.69. The number of carbonyl (C=O) groups excluding carboxylic acids is 2. The number of benzene rings is 2. The molecule has 40 heavy (non-hydrogen) atoms. The number of carbonyl (C=O) groups is 2. The lowest BCUT2D eigenvalue weighted by atomic mass is 9.98. The van der Waals surface area contributed by atoms with Crippen molar-refractivity contribution in [2.75, 3.05) is 22.9 Å². The summed E-state index contributed by atoms with van der Waals surface area (Å²) in [6.45, 7) is -0.348. The number of nitrogens with zero attached hydrogens (tertiary/aromatic N) is 6. The van der Waals surface area contributed by atoms with Crippen molar-refractivity contribution < 1.29 is 23.1 Å². The van der Waals surface area contributed by atoms with Gasteiger partial charge < -0.3 is 10.5 Å². The first-order valence-corrected chi connectivity index (χ1v) is 12.4. The Labute approximate surface area is 227 Å². The van der Waals surface area contributed by atoms with Crippen LogP contribution in [0, 0.1) is 0 Å². The van der Waals surface area contributed by atoms with Crippen LogP contribution in [0.5, 0.6) is 6.01 Å². The molecule has 1 fully saturated rings. The van der Waals surface area contributed by atoms with Gasteiger partial charge in [0.25, 0.3) is 0 Å². The normalized spacial score (nSPS) is 13.4. The van der Waals surface area contributed by atoms with Crippen LogP contribution in [0.1, 0.15) is 22.8 Å². The van der Waals surface area contributed by atoms with Crippen molar-refractivity contribution in [3.63, 3.8) is 0 Å². The Balaban J connectivity index is 1.44. The average molecular weight is 550 g/mol. The summed E-state index contributed by atoms with van der Waals surface area (Å²) in [7, 11) is 1.29. The second-order valence-corrected chi connectivity index (χ2v) is 8.98. The molecule has 2 N–H and O–H groups in total. The van der Waals surface area contributed by atoms with E-state index in [0.29, 0.717) is 42.3 Å². The fraction of sp³-hybridized carbons (Fsp3) is 0.222. The van der Waals surface area contributed by atoms with Gasteiger partial charge in [-0.3, -0.25) is 14.6 Å². The van der Waals surface area contributed by atoms with Crippen molar-refractivity contribution in [2.24, 2.45) is 12.8 Å². The Morgan fingerprint density at radius 1 is 1.05 bits per heavy atom. The number of urea groups is 1. The van der Waals surface area contributed by atoms with E-state index < -0.39 is 24.2 Å². The van der Waals surface area contributed by atoms with Gasteiger partial charge in [-0.1, -0.05) is 25.1 Å². The molecule has 0 radical (unpaired) electrons. The first-order chi connectivity index (χ1) is 19.2. The smallest absolute Gasteiger partial charge is 0.389 e. The van der Waals surface area contributed by atoms with Crippen LogP contribution in [0.4, 0.5) is 25.1 Å². The van der Waals surface area contributed by atoms with Gasteiger partial charge in [0, 0.05) is 43.1 Å². The van der Waals surface area contributed by atoms with Gasteiger partial charge >= 0.3 is 24.3 Å². The van der Waals surface area contributed by atoms with E-state index in [2.05, 4.69) is 14.8 Å². The molecule has 1 aliphatic heterocycles. The van der Waals surface area contributed by atoms with Gasteiger partial charge in [0.15, 0.2) is 0 Å². The summed E-state index contributed by atoms with van der Waals surface area (Å²) >= 11 is 0. The predicted molar refractivity (Wildman–Crippen MR) is 143 cm³/mol. The molecule has 2 aromatic carbocycles. The summed E-state index contributed by atoms with van der Waals surface area (Å²) < 4.78 is 31.5. The van der Waals surface area contributed by atoms with E-state index in [1.807, 2.05) is 13.0 Å². The largest absolute Gasteiger partial charge is 0.401 e. The summed E-state index contributed by atoms with van der Waals surface area (Å²) in [6.07, 6.45) is 2.20. The van der Waals surface area contributed by atoms with E-state index in [0.717, 1.165) is 25.9 Å². The number of primary amides is 1. The molecule has 13 heteroatoms. The molecular formula is C27H25F2N7O4. The highest BCUT2D eigenvalue weighted by Crippen LogP contribution is 2.33. The number of nitrogens with two attached hydrogens (primary N) is 1. The molecule has 2 aromatic heterocycles. The average Bonchev–Trinajstić information content (AvgIpc) is 3.47. The van der Waals surface area contributed by atoms with Crippen LogP contribution in [0.3, 0.4) is 0 Å². The van der Waals surface area contributed by atoms with E-state index in [1.54, 1.807) is 64.5 Å². The lowest BCUT2D eigenvalue weighted by Crippen LogP contribution is -2.33. The van der Waals surface area contributed by atoms with E-state index in [-0.39, 0.29) is 6.03 Å². The maximum atomic E-state index is 13.4. The highest BCUT2D eigenvalue weighted by atomic mass is 19.3. The van der Waals surface area contributed by atoms with Gasteiger partial charge in [-0.05, 0) is 53.9 Å². The summed E-state index contributed by atoms with van der Waals surface area (Å²) in [5.74, 6) is -0.0498. The monoisotopic (exact) mass is 549 g/mol. The van der Waals surface area contributed by atoms with Gasteiger partial charge in [-0.25, -0.2) is 19.1 Å². The first kappa shape index (κ1) is 26.5. The van der Waals surface area contributed by atoms with E-state index in [1.165, 1.54) is 7.05 Å². The number of halogens is 2. The Morgan fingerprint density at radius 3 is 2.45 bits per heavy atom. The van der Waals surface area contributed by atoms with Crippen molar-refractivity contribution in [1.29, 1.82) is 0 Å². The van der Waals surface area contributed by atoms with Crippen LogP contribution >= 0.6 is 0 Å². The molecule has 5 rings (SSSR count). The van der Waals surface area contributed by atoms with Gasteiger partial charge in [0.2, 0.25) is 5.91 Å². The molecule has 0 aliphatic carbocycles. The third kappa shape index (κ3) is 4.77. The molecule has 11 nitrogen and oxygen atoms in total. The number of anilines is 2. The molecule has 0 unspecified atom stereocenters. The summed E-state index contributed by atoms with van der Waals surface area (Å²) in [5, 5.41) is 3.86. The van der Waals surface area contributed by atoms with Crippen LogP contribution in [0.2, 0.25) is 0 Å². The number of alkyl halides is 2. The maximum Gasteiger partial charge on any atom is 0.389 e. The number of rotatable bonds is 8. The van der Waals surface area contributed by atoms with Crippen LogP contribution in [0.25, 0.3) is 16.8 Å². The second-order valence-electron chi connectivity index (χ2n) is 8.98. The quantitative estimate of drug-likeness (QED) is 0.359. The fourth-order valence-electron chi connectivity index (χ4n) is 4.69. The predicted octanol–water partition coefficient (Wildman–Crippen LogP) is 3.34. The molecule has 1 saturated heterocycles. The highest BCUT2D eigenvalue weighted by Gasteiger charge is 2.33. The Kier molecular flexibility index (Phi) is 7.03. The van der Waals surface area contributed by atoms with E-state index >= 15 is 0 Å². The van der Waals surface area contributed by atoms with Crippen molar-refractivity contribution in [3.8, 4) is 22.8 Å². The summed E-state index contributed by atoms with van der Waals surface area (Å²) in [4.78, 5) is 45.2. The third-order valence-electron chi connectivity index (χ3n) is 6.65. The zero-order chi connectivity index (χ0) is 28.6. The van der Waals surface area contributed by atoms with Gasteiger partial charge in [-0.15, -0.1) is 5.10 Å². The standard InChI is InChI=1S/C27H25F2N7O4/c1-3-20-21(16-7-9-18(10-8-16)36-26(38)33(2)25(32-36)40-24(28)29)11-12-31-23(20)35-14-13-34(27(35)39)19-6-4-5-17(15-19)22(30)37/h4-12,15,24H,3,13-14H2,1-2H3,(H2,30,37). The zero-order valence-corrected chi connectivity index (χ0v) is 21.6. The van der Waals surface area contributed by atoms with E-state index in [9.17, 15) is 23.2 Å².